The highest BCUT2D eigenvalue weighted by atomic mass is 35.5. The maximum atomic E-state index is 12.5. The molecule has 2 aliphatic heterocycles. The number of hydrogen-bond donors (Lipinski definition) is 1. The number of benzene rings is 4. The zero-order chi connectivity index (χ0) is 40.1. The fourth-order valence-electron chi connectivity index (χ4n) is 6.81. The molecule has 1 N–H and O–H groups in total. The first-order valence-corrected chi connectivity index (χ1v) is 20.1. The topological polar surface area (TPSA) is 93.6 Å². The van der Waals surface area contributed by atoms with Crippen LogP contribution in [0.15, 0.2) is 122 Å². The van der Waals surface area contributed by atoms with E-state index in [-0.39, 0.29) is 11.4 Å². The van der Waals surface area contributed by atoms with Crippen LogP contribution in [0.25, 0.3) is 22.3 Å². The number of aromatic amines is 1. The smallest absolute Gasteiger partial charge is 0.327 e. The van der Waals surface area contributed by atoms with Crippen molar-refractivity contribution < 1.29 is 9.59 Å². The van der Waals surface area contributed by atoms with Crippen LogP contribution in [-0.4, -0.2) is 103 Å². The standard InChI is InChI=1S/C22H23ClN4O.C19H21ClN2O.C3H3ClN2/c1-17-13-19(18-5-3-2-4-6-18)7-8-20(17)15-25-9-11-26(12-10-25)22(28)27-16-21(23)14-24-27;1-15-13-17(16-5-3-2-4-6-16)7-8-18(15)14-21-9-11-22(12-10-21)19(20)23;4-3-1-5-6-2-3/h2-8,13-14,16H,9-12,15H2,1H3;2-8,13H,9-12,14H2,1H3;1-2H,(H,5,6). The summed E-state index contributed by atoms with van der Waals surface area (Å²) >= 11 is 16.8. The maximum Gasteiger partial charge on any atom is 0.344 e. The van der Waals surface area contributed by atoms with Gasteiger partial charge in [-0.25, -0.2) is 4.79 Å². The number of nitrogens with zero attached hydrogens (tertiary/aromatic N) is 7. The second kappa shape index (κ2) is 20.5. The highest BCUT2D eigenvalue weighted by molar-refractivity contribution is 6.62. The highest BCUT2D eigenvalue weighted by Gasteiger charge is 2.23. The van der Waals surface area contributed by atoms with Gasteiger partial charge in [0.1, 0.15) is 0 Å². The van der Waals surface area contributed by atoms with Gasteiger partial charge in [-0.05, 0) is 70.0 Å². The van der Waals surface area contributed by atoms with Crippen LogP contribution in [0.2, 0.25) is 10.0 Å². The molecule has 2 fully saturated rings. The average Bonchev–Trinajstić information content (AvgIpc) is 3.91. The van der Waals surface area contributed by atoms with Crippen molar-refractivity contribution in [3.05, 3.63) is 154 Å². The van der Waals surface area contributed by atoms with E-state index in [1.807, 2.05) is 17.0 Å². The van der Waals surface area contributed by atoms with E-state index in [0.29, 0.717) is 36.2 Å². The Bertz CT molecular complexity index is 2180. The number of aryl methyl sites for hydroxylation is 2. The molecular formula is C44H47Cl3N8O2. The van der Waals surface area contributed by atoms with E-state index in [9.17, 15) is 9.59 Å². The summed E-state index contributed by atoms with van der Waals surface area (Å²) in [5.74, 6) is 0. The molecule has 13 heteroatoms. The Labute approximate surface area is 349 Å². The lowest BCUT2D eigenvalue weighted by Crippen LogP contribution is -2.49. The van der Waals surface area contributed by atoms with Crippen LogP contribution < -0.4 is 0 Å². The third-order valence-electron chi connectivity index (χ3n) is 10.2. The summed E-state index contributed by atoms with van der Waals surface area (Å²) in [7, 11) is 0. The molecule has 6 aromatic rings. The van der Waals surface area contributed by atoms with Gasteiger partial charge in [0.2, 0.25) is 0 Å². The first-order chi connectivity index (χ1) is 27.6. The minimum absolute atomic E-state index is 0.116. The monoisotopic (exact) mass is 824 g/mol. The first-order valence-electron chi connectivity index (χ1n) is 19.0. The van der Waals surface area contributed by atoms with E-state index in [0.717, 1.165) is 39.3 Å². The molecule has 2 aromatic heterocycles. The zero-order valence-electron chi connectivity index (χ0n) is 32.2. The number of carbonyl (C=O) groups is 2. The lowest BCUT2D eigenvalue weighted by atomic mass is 9.99. The molecule has 0 bridgehead atoms. The Hall–Kier alpha value is -4.97. The molecule has 0 unspecified atom stereocenters. The van der Waals surface area contributed by atoms with Gasteiger partial charge >= 0.3 is 11.4 Å². The summed E-state index contributed by atoms with van der Waals surface area (Å²) in [4.78, 5) is 31.9. The highest BCUT2D eigenvalue weighted by Crippen LogP contribution is 2.25. The lowest BCUT2D eigenvalue weighted by molar-refractivity contribution is 0.134. The van der Waals surface area contributed by atoms with Gasteiger partial charge in [0.05, 0.1) is 28.6 Å². The summed E-state index contributed by atoms with van der Waals surface area (Å²) < 4.78 is 1.31. The van der Waals surface area contributed by atoms with Crippen molar-refractivity contribution in [2.45, 2.75) is 26.9 Å². The van der Waals surface area contributed by atoms with Crippen molar-refractivity contribution in [3.8, 4) is 22.3 Å². The molecule has 0 atom stereocenters. The van der Waals surface area contributed by atoms with Gasteiger partial charge in [-0.1, -0.05) is 120 Å². The van der Waals surface area contributed by atoms with Gasteiger partial charge in [-0.2, -0.15) is 14.9 Å². The normalized spacial score (nSPS) is 14.6. The predicted octanol–water partition coefficient (Wildman–Crippen LogP) is 9.50. The van der Waals surface area contributed by atoms with Crippen LogP contribution in [0.4, 0.5) is 9.59 Å². The first kappa shape index (κ1) is 41.7. The van der Waals surface area contributed by atoms with Crippen LogP contribution in [0.5, 0.6) is 0 Å². The van der Waals surface area contributed by atoms with Crippen molar-refractivity contribution in [2.75, 3.05) is 52.4 Å². The number of amides is 2. The van der Waals surface area contributed by atoms with Gasteiger partial charge in [0.25, 0.3) is 0 Å². The Morgan fingerprint density at radius 3 is 1.47 bits per heavy atom. The number of nitrogens with one attached hydrogen (secondary N) is 1. The van der Waals surface area contributed by atoms with Crippen LogP contribution in [0.3, 0.4) is 0 Å². The van der Waals surface area contributed by atoms with Crippen molar-refractivity contribution in [2.24, 2.45) is 0 Å². The number of piperazine rings is 2. The maximum absolute atomic E-state index is 12.5. The number of carbonyl (C=O) groups excluding carboxylic acids is 2. The molecule has 0 aliphatic carbocycles. The molecule has 8 rings (SSSR count). The van der Waals surface area contributed by atoms with E-state index in [1.54, 1.807) is 23.5 Å². The predicted molar refractivity (Wildman–Crippen MR) is 230 cm³/mol. The summed E-state index contributed by atoms with van der Waals surface area (Å²) in [6, 6.07) is 34.1. The number of H-pyrrole nitrogens is 1. The molecule has 57 heavy (non-hydrogen) atoms. The van der Waals surface area contributed by atoms with Gasteiger partial charge in [-0.3, -0.25) is 19.7 Å². The summed E-state index contributed by atoms with van der Waals surface area (Å²) in [6.07, 6.45) is 6.19. The molecule has 4 aromatic carbocycles. The fraction of sp³-hybridized carbons (Fsp3) is 0.273. The van der Waals surface area contributed by atoms with Crippen LogP contribution >= 0.6 is 34.8 Å². The molecule has 0 radical (unpaired) electrons. The second-order valence-corrected chi connectivity index (χ2v) is 15.3. The van der Waals surface area contributed by atoms with Gasteiger partial charge < -0.3 is 9.80 Å². The minimum Gasteiger partial charge on any atom is -0.327 e. The van der Waals surface area contributed by atoms with Crippen LogP contribution in [0.1, 0.15) is 22.3 Å². The van der Waals surface area contributed by atoms with E-state index >= 15 is 0 Å². The second-order valence-electron chi connectivity index (χ2n) is 14.1. The van der Waals surface area contributed by atoms with Crippen molar-refractivity contribution in [1.82, 2.24) is 39.6 Å². The van der Waals surface area contributed by atoms with Crippen molar-refractivity contribution >= 4 is 46.2 Å². The van der Waals surface area contributed by atoms with E-state index in [2.05, 4.69) is 124 Å². The third kappa shape index (κ3) is 12.0. The van der Waals surface area contributed by atoms with Gasteiger partial charge in [-0.15, -0.1) is 0 Å². The molecule has 10 nitrogen and oxygen atoms in total. The molecule has 2 saturated heterocycles. The third-order valence-corrected chi connectivity index (χ3v) is 10.8. The SMILES string of the molecule is Cc1cc(-c2ccccc2)ccc1CN1CCN(C(=O)Cl)CC1.Cc1cc(-c2ccccc2)ccc1CN1CCN(C(=O)n2cc(Cl)cn2)CC1.Clc1cn[nH]c1. The van der Waals surface area contributed by atoms with Crippen LogP contribution in [0, 0.1) is 13.8 Å². The fourth-order valence-corrected chi connectivity index (χ4v) is 7.22. The quantitative estimate of drug-likeness (QED) is 0.133. The zero-order valence-corrected chi connectivity index (χ0v) is 34.5. The Morgan fingerprint density at radius 2 is 1.11 bits per heavy atom. The van der Waals surface area contributed by atoms with Gasteiger partial charge in [0, 0.05) is 71.6 Å². The summed E-state index contributed by atoms with van der Waals surface area (Å²) in [5.41, 5.74) is 10.3. The number of rotatable bonds is 6. The Morgan fingerprint density at radius 1 is 0.614 bits per heavy atom. The molecule has 0 saturated carbocycles. The molecule has 0 spiro atoms. The summed E-state index contributed by atoms with van der Waals surface area (Å²) in [6.45, 7) is 12.4. The largest absolute Gasteiger partial charge is 0.344 e. The van der Waals surface area contributed by atoms with Crippen molar-refractivity contribution in [1.29, 1.82) is 0 Å². The number of hydrogen-bond acceptors (Lipinski definition) is 6. The lowest BCUT2D eigenvalue weighted by Gasteiger charge is -2.34. The van der Waals surface area contributed by atoms with Crippen LogP contribution in [-0.2, 0) is 13.1 Å². The molecule has 2 aliphatic rings. The van der Waals surface area contributed by atoms with Crippen molar-refractivity contribution in [3.63, 3.8) is 0 Å². The Kier molecular flexibility index (Phi) is 14.9. The number of aromatic nitrogens is 4. The molecular weight excluding hydrogens is 779 g/mol. The van der Waals surface area contributed by atoms with E-state index < -0.39 is 0 Å². The number of halogens is 3. The molecule has 4 heterocycles. The molecule has 296 valence electrons. The van der Waals surface area contributed by atoms with E-state index in [1.165, 1.54) is 55.4 Å². The summed E-state index contributed by atoms with van der Waals surface area (Å²) in [5, 5.41) is 10.9. The van der Waals surface area contributed by atoms with E-state index in [4.69, 9.17) is 34.8 Å². The average molecular weight is 826 g/mol. The minimum atomic E-state index is -0.340. The van der Waals surface area contributed by atoms with Gasteiger partial charge in [0.15, 0.2) is 0 Å². The molecule has 2 amide bonds. The Balaban J connectivity index is 0.000000170.